The number of aromatic nitrogens is 3. The number of thioether (sulfide) groups is 1. The van der Waals surface area contributed by atoms with E-state index in [1.165, 1.54) is 0 Å². The van der Waals surface area contributed by atoms with Gasteiger partial charge in [0.2, 0.25) is 0 Å². The third kappa shape index (κ3) is 3.51. The van der Waals surface area contributed by atoms with Gasteiger partial charge in [-0.1, -0.05) is 18.2 Å². The molecular weight excluding hydrogens is 298 g/mol. The number of aliphatic hydroxyl groups excluding tert-OH is 1. The van der Waals surface area contributed by atoms with E-state index in [9.17, 15) is 5.11 Å². The minimum absolute atomic E-state index is 0.0973. The summed E-state index contributed by atoms with van der Waals surface area (Å²) in [6, 6.07) is 10.0. The molecule has 3 rings (SSSR count). The molecular formula is C16H21N3O2S. The second kappa shape index (κ2) is 7.26. The van der Waals surface area contributed by atoms with Gasteiger partial charge in [0, 0.05) is 24.5 Å². The molecule has 0 aliphatic carbocycles. The van der Waals surface area contributed by atoms with Gasteiger partial charge in [-0.3, -0.25) is 0 Å². The maximum atomic E-state index is 9.97. The highest BCUT2D eigenvalue weighted by molar-refractivity contribution is 7.98. The highest BCUT2D eigenvalue weighted by atomic mass is 32.2. The van der Waals surface area contributed by atoms with Crippen molar-refractivity contribution in [2.24, 2.45) is 5.92 Å². The Labute approximate surface area is 134 Å². The lowest BCUT2D eigenvalue weighted by molar-refractivity contribution is 0.118. The Balaban J connectivity index is 1.87. The molecule has 2 atom stereocenters. The van der Waals surface area contributed by atoms with Crippen molar-refractivity contribution in [3.8, 4) is 5.69 Å². The maximum absolute atomic E-state index is 9.97. The van der Waals surface area contributed by atoms with Crippen molar-refractivity contribution in [1.29, 1.82) is 0 Å². The fourth-order valence-corrected chi connectivity index (χ4v) is 3.00. The summed E-state index contributed by atoms with van der Waals surface area (Å²) in [5.41, 5.74) is 1.01. The molecule has 22 heavy (non-hydrogen) atoms. The smallest absolute Gasteiger partial charge is 0.152 e. The van der Waals surface area contributed by atoms with Crippen LogP contribution in [0.1, 0.15) is 11.6 Å². The molecule has 1 saturated heterocycles. The molecule has 0 amide bonds. The Kier molecular flexibility index (Phi) is 5.12. The first-order valence-corrected chi connectivity index (χ1v) is 8.92. The molecule has 0 saturated carbocycles. The molecule has 0 bridgehead atoms. The van der Waals surface area contributed by atoms with Crippen LogP contribution in [0.3, 0.4) is 0 Å². The zero-order chi connectivity index (χ0) is 15.4. The van der Waals surface area contributed by atoms with E-state index in [0.29, 0.717) is 19.6 Å². The first kappa shape index (κ1) is 15.5. The second-order valence-corrected chi connectivity index (χ2v) is 6.49. The van der Waals surface area contributed by atoms with Crippen molar-refractivity contribution in [3.63, 3.8) is 0 Å². The van der Waals surface area contributed by atoms with Crippen LogP contribution in [0, 0.1) is 5.92 Å². The summed E-state index contributed by atoms with van der Waals surface area (Å²) in [6.45, 7) is 1.01. The highest BCUT2D eigenvalue weighted by Crippen LogP contribution is 2.20. The van der Waals surface area contributed by atoms with Crippen LogP contribution < -0.4 is 0 Å². The Morgan fingerprint density at radius 1 is 1.32 bits per heavy atom. The Hall–Kier alpha value is -1.37. The molecule has 5 nitrogen and oxygen atoms in total. The van der Waals surface area contributed by atoms with Crippen molar-refractivity contribution in [2.75, 3.05) is 25.2 Å². The first-order valence-electron chi connectivity index (χ1n) is 7.53. The summed E-state index contributed by atoms with van der Waals surface area (Å²) in [5.74, 6) is 2.87. The summed E-state index contributed by atoms with van der Waals surface area (Å²) in [4.78, 5) is 4.69. The SMILES string of the molecule is CSCCc1nc(C[C@@H]2COC[C@H]2O)n(-c2ccccc2)n1. The van der Waals surface area contributed by atoms with Gasteiger partial charge in [0.05, 0.1) is 25.0 Å². The lowest BCUT2D eigenvalue weighted by Crippen LogP contribution is -2.21. The monoisotopic (exact) mass is 319 g/mol. The van der Waals surface area contributed by atoms with Gasteiger partial charge in [-0.05, 0) is 18.4 Å². The molecule has 118 valence electrons. The Morgan fingerprint density at radius 3 is 2.82 bits per heavy atom. The lowest BCUT2D eigenvalue weighted by atomic mass is 10.0. The summed E-state index contributed by atoms with van der Waals surface area (Å²) < 4.78 is 7.25. The van der Waals surface area contributed by atoms with Crippen LogP contribution in [0.5, 0.6) is 0 Å². The number of aryl methyl sites for hydroxylation is 1. The third-order valence-electron chi connectivity index (χ3n) is 3.86. The van der Waals surface area contributed by atoms with Crippen molar-refractivity contribution in [3.05, 3.63) is 42.0 Å². The van der Waals surface area contributed by atoms with E-state index in [4.69, 9.17) is 9.72 Å². The van der Waals surface area contributed by atoms with Crippen molar-refractivity contribution in [1.82, 2.24) is 14.8 Å². The van der Waals surface area contributed by atoms with Gasteiger partial charge in [0.25, 0.3) is 0 Å². The fraction of sp³-hybridized carbons (Fsp3) is 0.500. The van der Waals surface area contributed by atoms with Crippen molar-refractivity contribution in [2.45, 2.75) is 18.9 Å². The Morgan fingerprint density at radius 2 is 2.14 bits per heavy atom. The largest absolute Gasteiger partial charge is 0.390 e. The molecule has 0 spiro atoms. The van der Waals surface area contributed by atoms with Crippen LogP contribution in [-0.4, -0.2) is 51.2 Å². The number of ether oxygens (including phenoxy) is 1. The molecule has 0 unspecified atom stereocenters. The number of benzene rings is 1. The zero-order valence-electron chi connectivity index (χ0n) is 12.7. The van der Waals surface area contributed by atoms with E-state index < -0.39 is 6.10 Å². The molecule has 1 aromatic heterocycles. The van der Waals surface area contributed by atoms with Crippen LogP contribution in [0.15, 0.2) is 30.3 Å². The van der Waals surface area contributed by atoms with Gasteiger partial charge >= 0.3 is 0 Å². The highest BCUT2D eigenvalue weighted by Gasteiger charge is 2.28. The van der Waals surface area contributed by atoms with E-state index in [2.05, 4.69) is 11.4 Å². The molecule has 2 aromatic rings. The summed E-state index contributed by atoms with van der Waals surface area (Å²) in [7, 11) is 0. The van der Waals surface area contributed by atoms with Crippen molar-refractivity contribution < 1.29 is 9.84 Å². The van der Waals surface area contributed by atoms with E-state index in [1.807, 2.05) is 35.0 Å². The summed E-state index contributed by atoms with van der Waals surface area (Å²) >= 11 is 1.79. The quantitative estimate of drug-likeness (QED) is 0.878. The summed E-state index contributed by atoms with van der Waals surface area (Å²) in [5, 5.41) is 14.6. The van der Waals surface area contributed by atoms with Gasteiger partial charge in [-0.2, -0.15) is 16.9 Å². The molecule has 1 N–H and O–H groups in total. The van der Waals surface area contributed by atoms with Gasteiger partial charge in [0.1, 0.15) is 5.82 Å². The van der Waals surface area contributed by atoms with E-state index >= 15 is 0 Å². The van der Waals surface area contributed by atoms with Gasteiger partial charge in [0.15, 0.2) is 5.82 Å². The zero-order valence-corrected chi connectivity index (χ0v) is 13.5. The number of aliphatic hydroxyl groups is 1. The van der Waals surface area contributed by atoms with Gasteiger partial charge in [-0.15, -0.1) is 0 Å². The maximum Gasteiger partial charge on any atom is 0.152 e. The van der Waals surface area contributed by atoms with E-state index in [0.717, 1.165) is 29.5 Å². The molecule has 1 fully saturated rings. The summed E-state index contributed by atoms with van der Waals surface area (Å²) in [6.07, 6.45) is 3.22. The second-order valence-electron chi connectivity index (χ2n) is 5.50. The van der Waals surface area contributed by atoms with Crippen LogP contribution in [0.25, 0.3) is 5.69 Å². The number of para-hydroxylation sites is 1. The first-order chi connectivity index (χ1) is 10.8. The van der Waals surface area contributed by atoms with Crippen LogP contribution in [-0.2, 0) is 17.6 Å². The molecule has 1 aliphatic heterocycles. The normalized spacial score (nSPS) is 21.4. The molecule has 0 radical (unpaired) electrons. The van der Waals surface area contributed by atoms with Crippen molar-refractivity contribution >= 4 is 11.8 Å². The number of hydrogen-bond acceptors (Lipinski definition) is 5. The predicted octanol–water partition coefficient (Wildman–Crippen LogP) is 1.72. The minimum Gasteiger partial charge on any atom is -0.390 e. The lowest BCUT2D eigenvalue weighted by Gasteiger charge is -2.12. The van der Waals surface area contributed by atoms with E-state index in [1.54, 1.807) is 11.8 Å². The average molecular weight is 319 g/mol. The third-order valence-corrected chi connectivity index (χ3v) is 4.47. The fourth-order valence-electron chi connectivity index (χ4n) is 2.62. The van der Waals surface area contributed by atoms with Gasteiger partial charge in [-0.25, -0.2) is 9.67 Å². The van der Waals surface area contributed by atoms with Crippen LogP contribution in [0.2, 0.25) is 0 Å². The van der Waals surface area contributed by atoms with Gasteiger partial charge < -0.3 is 9.84 Å². The topological polar surface area (TPSA) is 60.2 Å². The molecule has 2 heterocycles. The predicted molar refractivity (Wildman–Crippen MR) is 87.5 cm³/mol. The molecule has 1 aliphatic rings. The standard InChI is InChI=1S/C16H21N3O2S/c1-22-8-7-15-17-16(9-12-10-21-11-14(12)20)19(18-15)13-5-3-2-4-6-13/h2-6,12,14,20H,7-11H2,1H3/t12-,14-/m1/s1. The molecule has 6 heteroatoms. The number of nitrogens with zero attached hydrogens (tertiary/aromatic N) is 3. The number of hydrogen-bond donors (Lipinski definition) is 1. The van der Waals surface area contributed by atoms with E-state index in [-0.39, 0.29) is 5.92 Å². The van der Waals surface area contributed by atoms with Crippen LogP contribution >= 0.6 is 11.8 Å². The Bertz CT molecular complexity index is 603. The molecule has 1 aromatic carbocycles. The minimum atomic E-state index is -0.407. The number of rotatable bonds is 6. The van der Waals surface area contributed by atoms with Crippen LogP contribution in [0.4, 0.5) is 0 Å². The average Bonchev–Trinajstić information content (AvgIpc) is 3.13.